The highest BCUT2D eigenvalue weighted by Gasteiger charge is 2.24. The van der Waals surface area contributed by atoms with Crippen molar-refractivity contribution in [3.63, 3.8) is 0 Å². The predicted octanol–water partition coefficient (Wildman–Crippen LogP) is 4.50. The molecule has 0 spiro atoms. The summed E-state index contributed by atoms with van der Waals surface area (Å²) < 4.78 is 46.9. The van der Waals surface area contributed by atoms with Crippen LogP contribution in [-0.4, -0.2) is 36.1 Å². The highest BCUT2D eigenvalue weighted by Crippen LogP contribution is 2.38. The molecule has 0 radical (unpaired) electrons. The van der Waals surface area contributed by atoms with Crippen LogP contribution in [0.4, 0.5) is 4.39 Å². The molecule has 2 aromatic rings. The van der Waals surface area contributed by atoms with Crippen LogP contribution in [0, 0.1) is 0 Å². The third-order valence-corrected chi connectivity index (χ3v) is 7.65. The lowest BCUT2D eigenvalue weighted by Gasteiger charge is -2.27. The zero-order valence-corrected chi connectivity index (χ0v) is 20.0. The molecule has 33 heavy (non-hydrogen) atoms. The van der Waals surface area contributed by atoms with Crippen molar-refractivity contribution in [1.29, 1.82) is 0 Å². The number of benzene rings is 1. The molecule has 0 unspecified atom stereocenters. The Morgan fingerprint density at radius 1 is 1.24 bits per heavy atom. The van der Waals surface area contributed by atoms with Gasteiger partial charge in [0.1, 0.15) is 5.75 Å². The first-order chi connectivity index (χ1) is 15.6. The van der Waals surface area contributed by atoms with Crippen molar-refractivity contribution in [2.45, 2.75) is 56.6 Å². The SMILES string of the molecule is C=Cc1c(/C=C(\C)F)c(-c2cc(S(=O)(=O)CC)ccc2O[C@H]2CC[C@H](O)CC2)cn(C)c1=O. The van der Waals surface area contributed by atoms with Gasteiger partial charge in [-0.3, -0.25) is 4.79 Å². The van der Waals surface area contributed by atoms with E-state index in [0.717, 1.165) is 0 Å². The Morgan fingerprint density at radius 2 is 1.91 bits per heavy atom. The minimum absolute atomic E-state index is 0.0747. The number of aryl methyl sites for hydroxylation is 1. The highest BCUT2D eigenvalue weighted by atomic mass is 32.2. The number of nitrogens with zero attached hydrogens (tertiary/aromatic N) is 1. The van der Waals surface area contributed by atoms with Crippen molar-refractivity contribution in [3.05, 3.63) is 58.3 Å². The Morgan fingerprint density at radius 3 is 2.48 bits per heavy atom. The molecule has 1 aliphatic carbocycles. The second kappa shape index (κ2) is 10.1. The second-order valence-electron chi connectivity index (χ2n) is 8.33. The zero-order valence-electron chi connectivity index (χ0n) is 19.2. The van der Waals surface area contributed by atoms with Gasteiger partial charge in [-0.25, -0.2) is 12.8 Å². The topological polar surface area (TPSA) is 85.6 Å². The molecule has 3 rings (SSSR count). The number of pyridine rings is 1. The van der Waals surface area contributed by atoms with E-state index in [9.17, 15) is 22.7 Å². The van der Waals surface area contributed by atoms with Crippen LogP contribution in [0.3, 0.4) is 0 Å². The van der Waals surface area contributed by atoms with E-state index < -0.39 is 15.7 Å². The minimum atomic E-state index is -3.52. The first-order valence-electron chi connectivity index (χ1n) is 11.0. The third-order valence-electron chi connectivity index (χ3n) is 5.92. The smallest absolute Gasteiger partial charge is 0.258 e. The van der Waals surface area contributed by atoms with Gasteiger partial charge in [-0.15, -0.1) is 0 Å². The van der Waals surface area contributed by atoms with Crippen molar-refractivity contribution in [1.82, 2.24) is 4.57 Å². The number of halogens is 1. The van der Waals surface area contributed by atoms with E-state index in [1.807, 2.05) is 0 Å². The zero-order chi connectivity index (χ0) is 24.3. The van der Waals surface area contributed by atoms with Gasteiger partial charge in [0.25, 0.3) is 5.56 Å². The molecule has 0 atom stereocenters. The van der Waals surface area contributed by atoms with Crippen molar-refractivity contribution < 1.29 is 22.7 Å². The molecule has 8 heteroatoms. The summed E-state index contributed by atoms with van der Waals surface area (Å²) in [7, 11) is -1.95. The normalized spacial score (nSPS) is 19.4. The Bertz CT molecular complexity index is 1230. The average Bonchev–Trinajstić information content (AvgIpc) is 2.78. The standard InChI is InChI=1S/C25H30FNO5S/c1-5-20-21(13-16(3)26)23(15-27(4)25(20)29)22-14-19(33(30,31)6-2)11-12-24(22)32-18-9-7-17(28)8-10-18/h5,11-15,17-18,28H,1,6-10H2,2-4H3/b16-13+/t17-,18-. The van der Waals surface area contributed by atoms with Crippen molar-refractivity contribution >= 4 is 22.0 Å². The first-order valence-corrected chi connectivity index (χ1v) is 12.6. The molecular weight excluding hydrogens is 445 g/mol. The van der Waals surface area contributed by atoms with Crippen LogP contribution in [0.15, 0.2) is 46.5 Å². The fourth-order valence-corrected chi connectivity index (χ4v) is 4.97. The molecule has 6 nitrogen and oxygen atoms in total. The number of aromatic nitrogens is 1. The van der Waals surface area contributed by atoms with E-state index >= 15 is 0 Å². The van der Waals surface area contributed by atoms with Crippen LogP contribution in [-0.2, 0) is 16.9 Å². The average molecular weight is 476 g/mol. The van der Waals surface area contributed by atoms with Gasteiger partial charge in [0, 0.05) is 29.9 Å². The summed E-state index contributed by atoms with van der Waals surface area (Å²) >= 11 is 0. The second-order valence-corrected chi connectivity index (χ2v) is 10.6. The monoisotopic (exact) mass is 475 g/mol. The summed E-state index contributed by atoms with van der Waals surface area (Å²) in [6.45, 7) is 6.55. The number of rotatable bonds is 7. The van der Waals surface area contributed by atoms with Gasteiger partial charge < -0.3 is 14.4 Å². The van der Waals surface area contributed by atoms with Gasteiger partial charge in [0.05, 0.1) is 28.7 Å². The lowest BCUT2D eigenvalue weighted by molar-refractivity contribution is 0.0668. The Labute approximate surface area is 194 Å². The van der Waals surface area contributed by atoms with Crippen LogP contribution >= 0.6 is 0 Å². The van der Waals surface area contributed by atoms with Crippen molar-refractivity contribution in [3.8, 4) is 16.9 Å². The number of aliphatic hydroxyl groups is 1. The van der Waals surface area contributed by atoms with Crippen LogP contribution < -0.4 is 10.3 Å². The first kappa shape index (κ1) is 24.9. The molecule has 0 saturated heterocycles. The molecule has 178 valence electrons. The molecular formula is C25H30FNO5S. The van der Waals surface area contributed by atoms with Gasteiger partial charge in [0.15, 0.2) is 9.84 Å². The molecule has 1 heterocycles. The van der Waals surface area contributed by atoms with Crippen LogP contribution in [0.25, 0.3) is 23.3 Å². The van der Waals surface area contributed by atoms with Crippen molar-refractivity contribution in [2.24, 2.45) is 7.05 Å². The Balaban J connectivity index is 2.28. The lowest BCUT2D eigenvalue weighted by Crippen LogP contribution is -2.26. The van der Waals surface area contributed by atoms with Gasteiger partial charge in [-0.2, -0.15) is 0 Å². The number of hydrogen-bond acceptors (Lipinski definition) is 5. The van der Waals surface area contributed by atoms with E-state index in [1.54, 1.807) is 26.2 Å². The lowest BCUT2D eigenvalue weighted by atomic mass is 9.94. The number of allylic oxidation sites excluding steroid dienone is 1. The molecule has 1 aliphatic rings. The fourth-order valence-electron chi connectivity index (χ4n) is 4.06. The van der Waals surface area contributed by atoms with Crippen LogP contribution in [0.1, 0.15) is 50.7 Å². The summed E-state index contributed by atoms with van der Waals surface area (Å²) in [5, 5.41) is 9.81. The number of ether oxygens (including phenoxy) is 1. The summed E-state index contributed by atoms with van der Waals surface area (Å²) in [5.41, 5.74) is 1.08. The summed E-state index contributed by atoms with van der Waals surface area (Å²) in [4.78, 5) is 12.8. The predicted molar refractivity (Wildman–Crippen MR) is 129 cm³/mol. The summed E-state index contributed by atoms with van der Waals surface area (Å²) in [6.07, 6.45) is 6.26. The Kier molecular flexibility index (Phi) is 7.59. The Hall–Kier alpha value is -2.71. The van der Waals surface area contributed by atoms with E-state index in [0.29, 0.717) is 48.1 Å². The number of aliphatic hydroxyl groups excluding tert-OH is 1. The molecule has 0 aliphatic heterocycles. The van der Waals surface area contributed by atoms with E-state index in [2.05, 4.69) is 6.58 Å². The van der Waals surface area contributed by atoms with Crippen molar-refractivity contribution in [2.75, 3.05) is 5.75 Å². The molecule has 1 aromatic carbocycles. The molecule has 0 amide bonds. The molecule has 1 N–H and O–H groups in total. The van der Waals surface area contributed by atoms with E-state index in [1.165, 1.54) is 35.8 Å². The van der Waals surface area contributed by atoms with E-state index in [4.69, 9.17) is 4.74 Å². The largest absolute Gasteiger partial charge is 0.490 e. The molecule has 1 saturated carbocycles. The van der Waals surface area contributed by atoms with Gasteiger partial charge >= 0.3 is 0 Å². The highest BCUT2D eigenvalue weighted by molar-refractivity contribution is 7.91. The van der Waals surface area contributed by atoms with Gasteiger partial charge in [0.2, 0.25) is 0 Å². The summed E-state index contributed by atoms with van der Waals surface area (Å²) in [6, 6.07) is 4.63. The van der Waals surface area contributed by atoms with Gasteiger partial charge in [-0.1, -0.05) is 19.6 Å². The number of hydrogen-bond donors (Lipinski definition) is 1. The summed E-state index contributed by atoms with van der Waals surface area (Å²) in [5.74, 6) is -0.144. The maximum atomic E-state index is 14.0. The van der Waals surface area contributed by atoms with Gasteiger partial charge in [-0.05, 0) is 62.4 Å². The van der Waals surface area contributed by atoms with Crippen LogP contribution in [0.5, 0.6) is 5.75 Å². The van der Waals surface area contributed by atoms with Crippen LogP contribution in [0.2, 0.25) is 0 Å². The fraction of sp³-hybridized carbons (Fsp3) is 0.400. The maximum Gasteiger partial charge on any atom is 0.258 e. The number of sulfone groups is 1. The molecule has 1 aromatic heterocycles. The maximum absolute atomic E-state index is 14.0. The molecule has 1 fully saturated rings. The third kappa shape index (κ3) is 5.45. The molecule has 0 bridgehead atoms. The van der Waals surface area contributed by atoms with E-state index in [-0.39, 0.29) is 34.0 Å². The quantitative estimate of drug-likeness (QED) is 0.637. The minimum Gasteiger partial charge on any atom is -0.490 e.